The topological polar surface area (TPSA) is 111 Å². The highest BCUT2D eigenvalue weighted by Crippen LogP contribution is 2.57. The first-order valence-electron chi connectivity index (χ1n) is 27.0. The molecule has 8 aromatic rings. The van der Waals surface area contributed by atoms with E-state index in [-0.39, 0.29) is 5.91 Å². The van der Waals surface area contributed by atoms with Crippen LogP contribution in [-0.2, 0) is 32.1 Å². The molecule has 2 heterocycles. The molecule has 1 atom stereocenters. The maximum Gasteiger partial charge on any atom is 0.453 e. The largest absolute Gasteiger partial charge is 0.497 e. The molecule has 0 spiro atoms. The Balaban J connectivity index is 1.32. The molecular formula is C63H71NO10P2. The van der Waals surface area contributed by atoms with E-state index in [0.29, 0.717) is 75.9 Å². The molecule has 76 heavy (non-hydrogen) atoms. The number of carbonyl (C=O) groups excluding carboxylic acids is 1. The number of para-hydroxylation sites is 1. The van der Waals surface area contributed by atoms with E-state index >= 15 is 4.79 Å². The summed E-state index contributed by atoms with van der Waals surface area (Å²) in [5.74, 6) is 4.11. The van der Waals surface area contributed by atoms with Crippen LogP contribution in [0.4, 0.5) is 5.69 Å². The zero-order valence-electron chi connectivity index (χ0n) is 45.5. The van der Waals surface area contributed by atoms with E-state index in [1.54, 1.807) is 33.1 Å². The summed E-state index contributed by atoms with van der Waals surface area (Å²) in [7, 11) is 2.37. The van der Waals surface area contributed by atoms with Gasteiger partial charge in [-0.1, -0.05) is 103 Å². The molecule has 7 aromatic carbocycles. The van der Waals surface area contributed by atoms with Crippen molar-refractivity contribution in [3.63, 3.8) is 0 Å². The number of aryl methyl sites for hydroxylation is 5. The number of unbranched alkanes of at least 4 members (excludes halogenated alkanes) is 4. The van der Waals surface area contributed by atoms with Crippen LogP contribution in [0.2, 0.25) is 0 Å². The van der Waals surface area contributed by atoms with E-state index in [0.717, 1.165) is 131 Å². The number of anilines is 1. The van der Waals surface area contributed by atoms with E-state index in [4.69, 9.17) is 40.9 Å². The molecule has 0 aliphatic carbocycles. The molecule has 0 fully saturated rings. The Kier molecular flexibility index (Phi) is 17.7. The third kappa shape index (κ3) is 11.3. The summed E-state index contributed by atoms with van der Waals surface area (Å²) in [6.07, 6.45) is 11.0. The quantitative estimate of drug-likeness (QED) is 0.0574. The maximum absolute atomic E-state index is 15.3. The van der Waals surface area contributed by atoms with Crippen molar-refractivity contribution in [2.45, 2.75) is 118 Å². The van der Waals surface area contributed by atoms with Crippen LogP contribution in [0.3, 0.4) is 0 Å². The molecule has 0 N–H and O–H groups in total. The van der Waals surface area contributed by atoms with E-state index < -0.39 is 16.8 Å². The van der Waals surface area contributed by atoms with Gasteiger partial charge in [-0.2, -0.15) is 0 Å². The van der Waals surface area contributed by atoms with Crippen molar-refractivity contribution in [3.05, 3.63) is 143 Å². The smallest absolute Gasteiger partial charge is 0.453 e. The third-order valence-corrected chi connectivity index (χ3v) is 16.6. The van der Waals surface area contributed by atoms with Gasteiger partial charge in [0.1, 0.15) is 51.4 Å². The van der Waals surface area contributed by atoms with Gasteiger partial charge >= 0.3 is 16.8 Å². The van der Waals surface area contributed by atoms with Gasteiger partial charge in [-0.25, -0.2) is 4.67 Å². The zero-order valence-corrected chi connectivity index (χ0v) is 47.3. The van der Waals surface area contributed by atoms with Crippen LogP contribution in [0.25, 0.3) is 43.8 Å². The molecular weight excluding hydrogens is 993 g/mol. The van der Waals surface area contributed by atoms with Crippen molar-refractivity contribution in [1.82, 2.24) is 0 Å². The first kappa shape index (κ1) is 54.0. The van der Waals surface area contributed by atoms with Gasteiger partial charge in [0.05, 0.1) is 39.7 Å². The lowest BCUT2D eigenvalue weighted by atomic mass is 9.94. The number of ether oxygens (including phenoxy) is 4. The van der Waals surface area contributed by atoms with Crippen LogP contribution in [0.5, 0.6) is 40.2 Å². The number of amides is 1. The van der Waals surface area contributed by atoms with Crippen molar-refractivity contribution in [2.24, 2.45) is 0 Å². The van der Waals surface area contributed by atoms with E-state index in [9.17, 15) is 0 Å². The normalized spacial score (nSPS) is 13.2. The molecule has 0 saturated heterocycles. The zero-order chi connectivity index (χ0) is 53.3. The molecule has 1 aliphatic rings. The van der Waals surface area contributed by atoms with Crippen LogP contribution in [0, 0.1) is 0 Å². The maximum atomic E-state index is 15.3. The Morgan fingerprint density at radius 1 is 0.474 bits per heavy atom. The minimum Gasteiger partial charge on any atom is -0.497 e. The highest BCUT2D eigenvalue weighted by atomic mass is 31.2. The molecule has 1 amide bonds. The van der Waals surface area contributed by atoms with Crippen molar-refractivity contribution in [2.75, 3.05) is 33.1 Å². The number of rotatable bonds is 23. The van der Waals surface area contributed by atoms with E-state index in [2.05, 4.69) is 58.9 Å². The first-order chi connectivity index (χ1) is 37.2. The van der Waals surface area contributed by atoms with Crippen molar-refractivity contribution < 1.29 is 45.7 Å². The highest BCUT2D eigenvalue weighted by molar-refractivity contribution is 7.51. The Bertz CT molecular complexity index is 3330. The first-order valence-corrected chi connectivity index (χ1v) is 29.2. The number of hydrogen-bond acceptors (Lipinski definition) is 10. The van der Waals surface area contributed by atoms with E-state index in [1.165, 1.54) is 0 Å². The molecule has 0 saturated carbocycles. The summed E-state index contributed by atoms with van der Waals surface area (Å²) in [6.45, 7) is 10.8. The van der Waals surface area contributed by atoms with E-state index in [1.807, 2.05) is 84.9 Å². The van der Waals surface area contributed by atoms with Crippen molar-refractivity contribution in [3.8, 4) is 51.4 Å². The summed E-state index contributed by atoms with van der Waals surface area (Å²) in [6, 6.07) is 36.1. The molecule has 1 aliphatic heterocycles. The molecule has 9 rings (SSSR count). The SMILES string of the molecule is CCCCc1cc(OC)cc(-c2cc(OC)cc(CCCC)c2Op2oc3c(CCCC)cc(OC)cc3c3cc(OC)cc(CCCC)c3o2)c1OP1Oc2cc3ccccc3cc2C(=O)N1c1ccccc1CC. The summed E-state index contributed by atoms with van der Waals surface area (Å²) < 4.78 is 62.4. The molecule has 1 unspecified atom stereocenters. The van der Waals surface area contributed by atoms with Gasteiger partial charge in [-0.3, -0.25) is 4.79 Å². The Hall–Kier alpha value is -6.80. The third-order valence-electron chi connectivity index (χ3n) is 14.2. The minimum atomic E-state index is -2.21. The predicted molar refractivity (Wildman–Crippen MR) is 310 cm³/mol. The minimum absolute atomic E-state index is 0.200. The average Bonchev–Trinajstić information content (AvgIpc) is 3.62. The van der Waals surface area contributed by atoms with Gasteiger partial charge in [-0.05, 0) is 163 Å². The summed E-state index contributed by atoms with van der Waals surface area (Å²) >= 11 is 0. The summed E-state index contributed by atoms with van der Waals surface area (Å²) in [5, 5.41) is 3.61. The lowest BCUT2D eigenvalue weighted by Gasteiger charge is -2.35. The van der Waals surface area contributed by atoms with Crippen LogP contribution in [-0.4, -0.2) is 34.3 Å². The number of benzene rings is 7. The number of hydrogen-bond donors (Lipinski definition) is 0. The second-order valence-electron chi connectivity index (χ2n) is 19.3. The lowest BCUT2D eigenvalue weighted by molar-refractivity contribution is 0.0995. The Morgan fingerprint density at radius 3 is 1.42 bits per heavy atom. The lowest BCUT2D eigenvalue weighted by Crippen LogP contribution is -2.34. The Labute approximate surface area is 450 Å². The standard InChI is InChI=1S/C63H71NO10P2/c1-10-15-23-44-31-48(66-6)37-52(59(44)71-75-64(57-30-22-21-27-41(57)14-5)63(65)56-35-42-28-19-20-29-43(42)36-58(56)70-75)53-38-49(67-7)32-45(24-16-11-2)60(53)72-76-73-61-46(25-17-12-3)33-50(68-8)39-54(61)55-40-51(69-9)34-47(26-18-13-4)62(55)74-76/h19-22,27-40H,10-18,23-26H2,1-9H3. The average molecular weight is 1060 g/mol. The molecule has 0 radical (unpaired) electrons. The second kappa shape index (κ2) is 24.9. The van der Waals surface area contributed by atoms with Gasteiger partial charge in [0.2, 0.25) is 0 Å². The fourth-order valence-electron chi connectivity index (χ4n) is 9.96. The Morgan fingerprint density at radius 2 is 0.921 bits per heavy atom. The number of nitrogens with zero attached hydrogens (tertiary/aromatic N) is 1. The van der Waals surface area contributed by atoms with Crippen LogP contribution < -0.4 is 37.2 Å². The predicted octanol–water partition coefficient (Wildman–Crippen LogP) is 18.3. The summed E-state index contributed by atoms with van der Waals surface area (Å²) in [4.78, 5) is 15.3. The number of methoxy groups -OCH3 is 4. The van der Waals surface area contributed by atoms with Crippen LogP contribution in [0.15, 0.2) is 118 Å². The van der Waals surface area contributed by atoms with Crippen LogP contribution in [0.1, 0.15) is 124 Å². The molecule has 13 heteroatoms. The monoisotopic (exact) mass is 1060 g/mol. The van der Waals surface area contributed by atoms with Gasteiger partial charge in [0.15, 0.2) is 0 Å². The van der Waals surface area contributed by atoms with Crippen LogP contribution >= 0.6 is 16.8 Å². The van der Waals surface area contributed by atoms with Gasteiger partial charge in [0, 0.05) is 21.9 Å². The van der Waals surface area contributed by atoms with Crippen molar-refractivity contribution >= 4 is 61.1 Å². The van der Waals surface area contributed by atoms with Crippen molar-refractivity contribution in [1.29, 1.82) is 0 Å². The fraction of sp³-hybridized carbons (Fsp3) is 0.349. The highest BCUT2D eigenvalue weighted by Gasteiger charge is 2.41. The summed E-state index contributed by atoms with van der Waals surface area (Å²) in [5.41, 5.74) is 8.74. The molecule has 11 nitrogen and oxygen atoms in total. The van der Waals surface area contributed by atoms with Gasteiger partial charge in [0.25, 0.3) is 5.91 Å². The number of carbonyl (C=O) groups is 1. The van der Waals surface area contributed by atoms with Gasteiger partial charge < -0.3 is 40.9 Å². The molecule has 0 bridgehead atoms. The van der Waals surface area contributed by atoms with Gasteiger partial charge in [-0.15, -0.1) is 0 Å². The molecule has 398 valence electrons. The molecule has 1 aromatic heterocycles. The second-order valence-corrected chi connectivity index (χ2v) is 21.5. The number of fused-ring (bicyclic) bond motifs is 5. The fourth-order valence-corrected chi connectivity index (χ4v) is 12.7.